The van der Waals surface area contributed by atoms with Crippen LogP contribution in [0.1, 0.15) is 69.9 Å². The van der Waals surface area contributed by atoms with E-state index in [9.17, 15) is 0 Å². The Bertz CT molecular complexity index is 299. The maximum atomic E-state index is 3.80. The van der Waals surface area contributed by atoms with Crippen molar-refractivity contribution in [2.45, 2.75) is 64.3 Å². The van der Waals surface area contributed by atoms with Crippen molar-refractivity contribution < 1.29 is 0 Å². The number of thiophene rings is 1. The van der Waals surface area contributed by atoms with Gasteiger partial charge in [0.1, 0.15) is 0 Å². The topological polar surface area (TPSA) is 12.0 Å². The molecule has 1 nitrogen and oxygen atoms in total. The highest BCUT2D eigenvalue weighted by Gasteiger charge is 2.23. The first-order chi connectivity index (χ1) is 8.92. The molecule has 2 heteroatoms. The fraction of sp³-hybridized carbons (Fsp3) is 0.750. The SMILES string of the molecule is CCCNC(c1ccsc1)C1CCCCCCC1. The average Bonchev–Trinajstić information content (AvgIpc) is 2.85. The monoisotopic (exact) mass is 265 g/mol. The third kappa shape index (κ3) is 4.10. The van der Waals surface area contributed by atoms with Crippen LogP contribution in [0.2, 0.25) is 0 Å². The van der Waals surface area contributed by atoms with Crippen molar-refractivity contribution in [2.24, 2.45) is 5.92 Å². The predicted molar refractivity (Wildman–Crippen MR) is 81.2 cm³/mol. The van der Waals surface area contributed by atoms with E-state index in [2.05, 4.69) is 29.1 Å². The van der Waals surface area contributed by atoms with Gasteiger partial charge in [-0.3, -0.25) is 0 Å². The van der Waals surface area contributed by atoms with Crippen LogP contribution in [0.25, 0.3) is 0 Å². The molecule has 1 aliphatic rings. The molecule has 0 radical (unpaired) electrons. The third-order valence-corrected chi connectivity index (χ3v) is 4.84. The summed E-state index contributed by atoms with van der Waals surface area (Å²) in [6.45, 7) is 3.41. The Kier molecular flexibility index (Phi) is 6.22. The first kappa shape index (κ1) is 14.1. The third-order valence-electron chi connectivity index (χ3n) is 4.14. The van der Waals surface area contributed by atoms with Crippen molar-refractivity contribution in [3.05, 3.63) is 22.4 Å². The molecule has 1 aromatic rings. The van der Waals surface area contributed by atoms with Gasteiger partial charge in [0.25, 0.3) is 0 Å². The number of rotatable bonds is 5. The maximum absolute atomic E-state index is 3.80. The number of hydrogen-bond donors (Lipinski definition) is 1. The van der Waals surface area contributed by atoms with Gasteiger partial charge in [-0.25, -0.2) is 0 Å². The van der Waals surface area contributed by atoms with Gasteiger partial charge in [0.15, 0.2) is 0 Å². The Labute approximate surface area is 116 Å². The molecule has 1 unspecified atom stereocenters. The van der Waals surface area contributed by atoms with E-state index in [1.807, 2.05) is 11.3 Å². The molecule has 0 amide bonds. The predicted octanol–water partition coefficient (Wildman–Crippen LogP) is 5.15. The zero-order valence-electron chi connectivity index (χ0n) is 11.7. The maximum Gasteiger partial charge on any atom is 0.0356 e. The lowest BCUT2D eigenvalue weighted by Crippen LogP contribution is -2.29. The summed E-state index contributed by atoms with van der Waals surface area (Å²) >= 11 is 1.83. The van der Waals surface area contributed by atoms with Crippen LogP contribution in [0, 0.1) is 5.92 Å². The molecule has 1 fully saturated rings. The van der Waals surface area contributed by atoms with Crippen molar-refractivity contribution in [3.8, 4) is 0 Å². The average molecular weight is 265 g/mol. The lowest BCUT2D eigenvalue weighted by atomic mass is 9.83. The van der Waals surface area contributed by atoms with Gasteiger partial charge in [0.2, 0.25) is 0 Å². The molecule has 1 N–H and O–H groups in total. The quantitative estimate of drug-likeness (QED) is 0.776. The standard InChI is InChI=1S/C16H27NS/c1-2-11-17-16(15-10-12-18-13-15)14-8-6-4-3-5-7-9-14/h10,12-14,16-17H,2-9,11H2,1H3. The van der Waals surface area contributed by atoms with Crippen LogP contribution in [0.4, 0.5) is 0 Å². The van der Waals surface area contributed by atoms with Gasteiger partial charge in [-0.1, -0.05) is 39.0 Å². The van der Waals surface area contributed by atoms with Crippen LogP contribution < -0.4 is 5.32 Å². The van der Waals surface area contributed by atoms with Gasteiger partial charge in [-0.05, 0) is 54.1 Å². The van der Waals surface area contributed by atoms with E-state index in [-0.39, 0.29) is 0 Å². The van der Waals surface area contributed by atoms with Crippen LogP contribution >= 0.6 is 11.3 Å². The second kappa shape index (κ2) is 7.96. The van der Waals surface area contributed by atoms with E-state index < -0.39 is 0 Å². The fourth-order valence-electron chi connectivity index (χ4n) is 3.13. The molecule has 0 aliphatic heterocycles. The summed E-state index contributed by atoms with van der Waals surface area (Å²) in [7, 11) is 0. The minimum Gasteiger partial charge on any atom is -0.310 e. The molecule has 0 bridgehead atoms. The van der Waals surface area contributed by atoms with Crippen molar-refractivity contribution in [1.82, 2.24) is 5.32 Å². The molecule has 1 aliphatic carbocycles. The summed E-state index contributed by atoms with van der Waals surface area (Å²) in [6, 6.07) is 2.92. The Morgan fingerprint density at radius 1 is 1.22 bits per heavy atom. The molecule has 18 heavy (non-hydrogen) atoms. The minimum absolute atomic E-state index is 0.606. The molecule has 0 saturated heterocycles. The molecule has 1 aromatic heterocycles. The van der Waals surface area contributed by atoms with Crippen LogP contribution in [-0.2, 0) is 0 Å². The van der Waals surface area contributed by atoms with Gasteiger partial charge >= 0.3 is 0 Å². The normalized spacial score (nSPS) is 20.3. The van der Waals surface area contributed by atoms with Gasteiger partial charge in [0, 0.05) is 6.04 Å². The number of nitrogens with one attached hydrogen (secondary N) is 1. The molecular weight excluding hydrogens is 238 g/mol. The largest absolute Gasteiger partial charge is 0.310 e. The molecule has 0 spiro atoms. The molecular formula is C16H27NS. The molecule has 2 rings (SSSR count). The van der Waals surface area contributed by atoms with E-state index >= 15 is 0 Å². The van der Waals surface area contributed by atoms with Gasteiger partial charge in [-0.15, -0.1) is 0 Å². The Balaban J connectivity index is 2.01. The van der Waals surface area contributed by atoms with Crippen molar-refractivity contribution in [1.29, 1.82) is 0 Å². The lowest BCUT2D eigenvalue weighted by molar-refractivity contribution is 0.289. The van der Waals surface area contributed by atoms with Crippen LogP contribution in [-0.4, -0.2) is 6.54 Å². The van der Waals surface area contributed by atoms with Crippen LogP contribution in [0.3, 0.4) is 0 Å². The highest BCUT2D eigenvalue weighted by molar-refractivity contribution is 7.07. The van der Waals surface area contributed by atoms with Gasteiger partial charge < -0.3 is 5.32 Å². The van der Waals surface area contributed by atoms with E-state index in [0.29, 0.717) is 6.04 Å². The van der Waals surface area contributed by atoms with Crippen molar-refractivity contribution in [3.63, 3.8) is 0 Å². The van der Waals surface area contributed by atoms with E-state index in [1.54, 1.807) is 0 Å². The second-order valence-electron chi connectivity index (χ2n) is 5.59. The van der Waals surface area contributed by atoms with Gasteiger partial charge in [-0.2, -0.15) is 11.3 Å². The molecule has 0 aromatic carbocycles. The fourth-order valence-corrected chi connectivity index (χ4v) is 3.83. The highest BCUT2D eigenvalue weighted by atomic mass is 32.1. The zero-order chi connectivity index (χ0) is 12.6. The highest BCUT2D eigenvalue weighted by Crippen LogP contribution is 2.33. The summed E-state index contributed by atoms with van der Waals surface area (Å²) in [6.07, 6.45) is 11.3. The van der Waals surface area contributed by atoms with E-state index in [1.165, 1.54) is 56.9 Å². The van der Waals surface area contributed by atoms with Crippen LogP contribution in [0.15, 0.2) is 16.8 Å². The Hall–Kier alpha value is -0.340. The summed E-state index contributed by atoms with van der Waals surface area (Å²) in [5.74, 6) is 0.853. The molecule has 1 atom stereocenters. The second-order valence-corrected chi connectivity index (χ2v) is 6.37. The van der Waals surface area contributed by atoms with Crippen LogP contribution in [0.5, 0.6) is 0 Å². The molecule has 102 valence electrons. The summed E-state index contributed by atoms with van der Waals surface area (Å²) in [4.78, 5) is 0. The molecule has 1 heterocycles. The first-order valence-corrected chi connectivity index (χ1v) is 8.61. The minimum atomic E-state index is 0.606. The van der Waals surface area contributed by atoms with Crippen molar-refractivity contribution >= 4 is 11.3 Å². The molecule has 1 saturated carbocycles. The van der Waals surface area contributed by atoms with Crippen molar-refractivity contribution in [2.75, 3.05) is 6.54 Å². The zero-order valence-corrected chi connectivity index (χ0v) is 12.5. The van der Waals surface area contributed by atoms with E-state index in [4.69, 9.17) is 0 Å². The number of hydrogen-bond acceptors (Lipinski definition) is 2. The smallest absolute Gasteiger partial charge is 0.0356 e. The summed E-state index contributed by atoms with van der Waals surface area (Å²) in [5.41, 5.74) is 1.53. The first-order valence-electron chi connectivity index (χ1n) is 7.67. The summed E-state index contributed by atoms with van der Waals surface area (Å²) in [5, 5.41) is 8.36. The lowest BCUT2D eigenvalue weighted by Gasteiger charge is -2.29. The Morgan fingerprint density at radius 3 is 2.56 bits per heavy atom. The Morgan fingerprint density at radius 2 is 1.94 bits per heavy atom. The van der Waals surface area contributed by atoms with E-state index in [0.717, 1.165) is 12.5 Å². The van der Waals surface area contributed by atoms with Gasteiger partial charge in [0.05, 0.1) is 0 Å². The summed E-state index contributed by atoms with van der Waals surface area (Å²) < 4.78 is 0.